The molecule has 2 bridgehead atoms. The van der Waals surface area contributed by atoms with Gasteiger partial charge in [0.15, 0.2) is 0 Å². The Kier molecular flexibility index (Phi) is 9.23. The fourth-order valence-corrected chi connectivity index (χ4v) is 5.21. The minimum atomic E-state index is -0.984. The van der Waals surface area contributed by atoms with Gasteiger partial charge in [0.25, 0.3) is 5.91 Å². The molecule has 6 rings (SSSR count). The number of amides is 2. The molecule has 0 radical (unpaired) electrons. The van der Waals surface area contributed by atoms with Crippen molar-refractivity contribution in [3.8, 4) is 17.6 Å². The first-order valence-electron chi connectivity index (χ1n) is 14.8. The summed E-state index contributed by atoms with van der Waals surface area (Å²) in [6.45, 7) is 6.94. The molecule has 12 heteroatoms. The van der Waals surface area contributed by atoms with Crippen LogP contribution in [0.25, 0.3) is 0 Å². The molecule has 1 atom stereocenters. The van der Waals surface area contributed by atoms with Crippen molar-refractivity contribution in [3.63, 3.8) is 0 Å². The Bertz CT molecular complexity index is 1460. The van der Waals surface area contributed by atoms with E-state index >= 15 is 0 Å². The highest BCUT2D eigenvalue weighted by molar-refractivity contribution is 6.32. The van der Waals surface area contributed by atoms with E-state index < -0.39 is 35.2 Å². The number of nitrogens with one attached hydrogen (secondary N) is 2. The summed E-state index contributed by atoms with van der Waals surface area (Å²) in [5.74, 6) is -0.00992. The van der Waals surface area contributed by atoms with E-state index in [9.17, 15) is 19.6 Å². The van der Waals surface area contributed by atoms with Crippen molar-refractivity contribution < 1.29 is 33.4 Å². The first kappa shape index (κ1) is 31.4. The SMILES string of the molecule is CC(C)(C)OC(=O)ON1CC(c2ccc3c(c2)C(=O)N[C@H](C(=O)NC2(C#N)CC2)Cc2ccc(c(Cl)c2)OCCCCO3)C1. The molecule has 11 nitrogen and oxygen atoms in total. The quantitative estimate of drug-likeness (QED) is 0.465. The molecule has 0 aromatic heterocycles. The van der Waals surface area contributed by atoms with Crippen molar-refractivity contribution in [2.75, 3.05) is 26.3 Å². The van der Waals surface area contributed by atoms with Crippen molar-refractivity contribution in [1.82, 2.24) is 15.7 Å². The molecule has 3 heterocycles. The minimum absolute atomic E-state index is 0.00171. The minimum Gasteiger partial charge on any atom is -0.493 e. The van der Waals surface area contributed by atoms with Crippen LogP contribution in [-0.4, -0.2) is 66.5 Å². The standard InChI is InChI=1S/C32H37ClN4O7/c1-31(2,3)43-30(40)44-37-17-22(18-37)21-7-9-26-23(16-21)28(38)35-25(29(39)36-32(19-34)10-11-32)15-20-6-8-27(24(33)14-20)42-13-5-4-12-41-26/h6-9,14,16,22,25H,4-5,10-13,15,17-18H2,1-3H3,(H,35,38)(H,36,39)/t25-/m0/s1. The zero-order chi connectivity index (χ0) is 31.5. The maximum absolute atomic E-state index is 13.8. The number of nitrogens with zero attached hydrogens (tertiary/aromatic N) is 2. The highest BCUT2D eigenvalue weighted by Crippen LogP contribution is 2.35. The van der Waals surface area contributed by atoms with Crippen LogP contribution in [0.3, 0.4) is 0 Å². The Balaban J connectivity index is 1.36. The van der Waals surface area contributed by atoms with Gasteiger partial charge >= 0.3 is 6.16 Å². The number of hydrogen-bond acceptors (Lipinski definition) is 9. The summed E-state index contributed by atoms with van der Waals surface area (Å²) in [5, 5.41) is 17.2. The number of nitriles is 1. The van der Waals surface area contributed by atoms with Crippen molar-refractivity contribution in [2.45, 2.75) is 76.0 Å². The van der Waals surface area contributed by atoms with Gasteiger partial charge in [0.1, 0.15) is 28.7 Å². The Hall–Kier alpha value is -4.01. The summed E-state index contributed by atoms with van der Waals surface area (Å²) in [4.78, 5) is 44.6. The van der Waals surface area contributed by atoms with Crippen molar-refractivity contribution in [3.05, 3.63) is 58.1 Å². The second-order valence-corrected chi connectivity index (χ2v) is 12.8. The molecule has 2 fully saturated rings. The summed E-state index contributed by atoms with van der Waals surface area (Å²) in [6.07, 6.45) is 1.90. The molecule has 234 valence electrons. The molecule has 44 heavy (non-hydrogen) atoms. The number of halogens is 1. The fraction of sp³-hybridized carbons (Fsp3) is 0.500. The molecule has 2 aromatic rings. The Morgan fingerprint density at radius 3 is 2.41 bits per heavy atom. The highest BCUT2D eigenvalue weighted by atomic mass is 35.5. The number of benzene rings is 2. The van der Waals surface area contributed by atoms with E-state index in [1.807, 2.05) is 12.1 Å². The summed E-state index contributed by atoms with van der Waals surface area (Å²) in [7, 11) is 0. The lowest BCUT2D eigenvalue weighted by atomic mass is 9.91. The fourth-order valence-electron chi connectivity index (χ4n) is 4.95. The maximum atomic E-state index is 13.8. The summed E-state index contributed by atoms with van der Waals surface area (Å²) in [5.41, 5.74) is 0.297. The molecule has 1 saturated carbocycles. The third kappa shape index (κ3) is 7.92. The summed E-state index contributed by atoms with van der Waals surface area (Å²) < 4.78 is 17.1. The second kappa shape index (κ2) is 12.9. The Morgan fingerprint density at radius 1 is 1.09 bits per heavy atom. The number of hydrogen-bond donors (Lipinski definition) is 2. The molecule has 0 unspecified atom stereocenters. The molecule has 1 aliphatic carbocycles. The van der Waals surface area contributed by atoms with Crippen LogP contribution >= 0.6 is 11.6 Å². The molecule has 3 aliphatic heterocycles. The van der Waals surface area contributed by atoms with Crippen molar-refractivity contribution in [1.29, 1.82) is 5.26 Å². The largest absolute Gasteiger partial charge is 0.528 e. The second-order valence-electron chi connectivity index (χ2n) is 12.4. The lowest BCUT2D eigenvalue weighted by Crippen LogP contribution is -2.51. The van der Waals surface area contributed by atoms with Crippen LogP contribution < -0.4 is 20.1 Å². The average Bonchev–Trinajstić information content (AvgIpc) is 3.71. The van der Waals surface area contributed by atoms with Gasteiger partial charge in [-0.05, 0) is 81.8 Å². The van der Waals surface area contributed by atoms with Crippen molar-refractivity contribution in [2.24, 2.45) is 0 Å². The van der Waals surface area contributed by atoms with Gasteiger partial charge < -0.3 is 29.7 Å². The highest BCUT2D eigenvalue weighted by Gasteiger charge is 2.46. The first-order valence-corrected chi connectivity index (χ1v) is 15.2. The van der Waals surface area contributed by atoms with Crippen LogP contribution in [0.2, 0.25) is 5.02 Å². The van der Waals surface area contributed by atoms with Gasteiger partial charge in [0.05, 0.1) is 29.9 Å². The number of hydroxylamine groups is 2. The van der Waals surface area contributed by atoms with E-state index in [0.29, 0.717) is 62.1 Å². The number of fused-ring (bicyclic) bond motifs is 10. The van der Waals surface area contributed by atoms with E-state index in [4.69, 9.17) is 30.6 Å². The van der Waals surface area contributed by atoms with E-state index in [1.165, 1.54) is 5.06 Å². The normalized spacial score (nSPS) is 20.4. The van der Waals surface area contributed by atoms with Crippen LogP contribution in [0, 0.1) is 11.3 Å². The lowest BCUT2D eigenvalue weighted by Gasteiger charge is -2.37. The van der Waals surface area contributed by atoms with Gasteiger partial charge in [-0.1, -0.05) is 23.7 Å². The van der Waals surface area contributed by atoms with Gasteiger partial charge in [-0.15, -0.1) is 5.06 Å². The summed E-state index contributed by atoms with van der Waals surface area (Å²) in [6, 6.07) is 11.9. The van der Waals surface area contributed by atoms with Crippen LogP contribution in [0.5, 0.6) is 11.5 Å². The molecule has 0 spiro atoms. The number of rotatable bonds is 4. The Labute approximate surface area is 261 Å². The molecular formula is C32H37ClN4O7. The van der Waals surface area contributed by atoms with Gasteiger partial charge in [0, 0.05) is 25.4 Å². The van der Waals surface area contributed by atoms with Gasteiger partial charge in [-0.25, -0.2) is 4.79 Å². The number of carbonyl (C=O) groups is 3. The van der Waals surface area contributed by atoms with Gasteiger partial charge in [0.2, 0.25) is 5.91 Å². The first-order chi connectivity index (χ1) is 20.9. The number of ether oxygens (including phenoxy) is 3. The molecule has 2 N–H and O–H groups in total. The van der Waals surface area contributed by atoms with E-state index in [0.717, 1.165) is 17.5 Å². The van der Waals surface area contributed by atoms with E-state index in [1.54, 1.807) is 45.0 Å². The zero-order valence-electron chi connectivity index (χ0n) is 25.1. The Morgan fingerprint density at radius 2 is 1.77 bits per heavy atom. The topological polar surface area (TPSA) is 139 Å². The third-order valence-corrected chi connectivity index (χ3v) is 7.89. The van der Waals surface area contributed by atoms with Crippen LogP contribution in [0.15, 0.2) is 36.4 Å². The molecular weight excluding hydrogens is 588 g/mol. The van der Waals surface area contributed by atoms with E-state index in [-0.39, 0.29) is 17.9 Å². The molecule has 2 amide bonds. The third-order valence-electron chi connectivity index (χ3n) is 7.60. The van der Waals surface area contributed by atoms with Gasteiger partial charge in [-0.2, -0.15) is 5.26 Å². The molecule has 2 aromatic carbocycles. The average molecular weight is 625 g/mol. The summed E-state index contributed by atoms with van der Waals surface area (Å²) >= 11 is 6.47. The van der Waals surface area contributed by atoms with Crippen LogP contribution in [0.1, 0.15) is 73.9 Å². The molecule has 4 aliphatic rings. The van der Waals surface area contributed by atoms with Crippen LogP contribution in [0.4, 0.5) is 4.79 Å². The number of carbonyl (C=O) groups excluding carboxylic acids is 3. The maximum Gasteiger partial charge on any atom is 0.528 e. The molecule has 1 saturated heterocycles. The lowest BCUT2D eigenvalue weighted by molar-refractivity contribution is -0.182. The predicted molar refractivity (Wildman–Crippen MR) is 160 cm³/mol. The predicted octanol–water partition coefficient (Wildman–Crippen LogP) is 4.67. The van der Waals surface area contributed by atoms with Crippen molar-refractivity contribution >= 4 is 29.6 Å². The van der Waals surface area contributed by atoms with Crippen LogP contribution in [-0.2, 0) is 20.8 Å². The zero-order valence-corrected chi connectivity index (χ0v) is 25.9. The van der Waals surface area contributed by atoms with Gasteiger partial charge in [-0.3, -0.25) is 9.59 Å². The monoisotopic (exact) mass is 624 g/mol. The van der Waals surface area contributed by atoms with E-state index in [2.05, 4.69) is 16.7 Å². The smallest absolute Gasteiger partial charge is 0.493 e.